The highest BCUT2D eigenvalue weighted by atomic mass is 31.2. The Morgan fingerprint density at radius 3 is 2.32 bits per heavy atom. The fourth-order valence-electron chi connectivity index (χ4n) is 2.42. The highest BCUT2D eigenvalue weighted by molar-refractivity contribution is 7.55. The molecule has 0 radical (unpaired) electrons. The summed E-state index contributed by atoms with van der Waals surface area (Å²) in [5.74, 6) is 0.616. The fraction of sp³-hybridized carbons (Fsp3) is 0.176. The Balaban J connectivity index is 2.66. The molecule has 0 unspecified atom stereocenters. The largest absolute Gasteiger partial charge is 0.349 e. The second-order valence-electron chi connectivity index (χ2n) is 5.41. The first-order valence-electron chi connectivity index (χ1n) is 6.79. The van der Waals surface area contributed by atoms with Crippen LogP contribution in [0, 0.1) is 26.6 Å². The van der Waals surface area contributed by atoms with Gasteiger partial charge in [0.2, 0.25) is 0 Å². The number of aryl methyl sites for hydroxylation is 3. The zero-order chi connectivity index (χ0) is 16.5. The molecule has 2 N–H and O–H groups in total. The smallest absolute Gasteiger partial charge is 0.321 e. The lowest BCUT2D eigenvalue weighted by Gasteiger charge is -2.13. The van der Waals surface area contributed by atoms with E-state index in [0.29, 0.717) is 5.56 Å². The predicted molar refractivity (Wildman–Crippen MR) is 87.1 cm³/mol. The van der Waals surface area contributed by atoms with Crippen molar-refractivity contribution in [3.05, 3.63) is 64.2 Å². The molecule has 3 nitrogen and oxygen atoms in total. The van der Waals surface area contributed by atoms with Crippen molar-refractivity contribution < 1.29 is 18.7 Å². The van der Waals surface area contributed by atoms with Crippen LogP contribution in [0.15, 0.2) is 36.1 Å². The van der Waals surface area contributed by atoms with E-state index in [-0.39, 0.29) is 5.82 Å². The second-order valence-corrected chi connectivity index (χ2v) is 6.89. The zero-order valence-electron chi connectivity index (χ0n) is 12.7. The molecule has 0 aromatic heterocycles. The van der Waals surface area contributed by atoms with Crippen molar-refractivity contribution in [3.8, 4) is 11.1 Å². The Kier molecular flexibility index (Phi) is 4.66. The fourth-order valence-corrected chi connectivity index (χ4v) is 2.77. The van der Waals surface area contributed by atoms with Gasteiger partial charge >= 0.3 is 7.60 Å². The van der Waals surface area contributed by atoms with Crippen LogP contribution in [0.1, 0.15) is 22.3 Å². The molecule has 2 rings (SSSR count). The zero-order valence-corrected chi connectivity index (χ0v) is 13.6. The molecule has 0 saturated heterocycles. The van der Waals surface area contributed by atoms with Gasteiger partial charge in [-0.25, -0.2) is 4.39 Å². The monoisotopic (exact) mass is 320 g/mol. The lowest BCUT2D eigenvalue weighted by molar-refractivity contribution is 0.386. The van der Waals surface area contributed by atoms with Crippen LogP contribution < -0.4 is 0 Å². The minimum absolute atomic E-state index is 0.277. The summed E-state index contributed by atoms with van der Waals surface area (Å²) in [6.07, 6.45) is 1.43. The molecule has 0 heterocycles. The van der Waals surface area contributed by atoms with Crippen molar-refractivity contribution in [2.75, 3.05) is 0 Å². The number of benzene rings is 2. The van der Waals surface area contributed by atoms with E-state index in [4.69, 9.17) is 9.79 Å². The maximum Gasteiger partial charge on any atom is 0.349 e. The van der Waals surface area contributed by atoms with Crippen molar-refractivity contribution in [3.63, 3.8) is 0 Å². The van der Waals surface area contributed by atoms with Crippen LogP contribution in [0.2, 0.25) is 0 Å². The van der Waals surface area contributed by atoms with E-state index in [1.807, 2.05) is 26.0 Å². The van der Waals surface area contributed by atoms with E-state index in [1.165, 1.54) is 12.1 Å². The third-order valence-corrected chi connectivity index (χ3v) is 3.97. The SMILES string of the molecule is Cc1cc(C)c(/C=C/P(=O)(O)O)c(-c2ccc(F)c(C)c2)c1. The molecule has 0 saturated carbocycles. The standard InChI is InChI=1S/C17H18FO3P/c1-11-8-12(2)15(6-7-22(19,20)21)16(9-11)14-4-5-17(18)13(3)10-14/h4-10H,1-3H3,(H2,19,20,21)/b7-6+. The van der Waals surface area contributed by atoms with Crippen molar-refractivity contribution in [2.45, 2.75) is 20.8 Å². The van der Waals surface area contributed by atoms with E-state index >= 15 is 0 Å². The van der Waals surface area contributed by atoms with E-state index in [1.54, 1.807) is 19.1 Å². The lowest BCUT2D eigenvalue weighted by Crippen LogP contribution is -1.92. The van der Waals surface area contributed by atoms with Gasteiger partial charge in [-0.15, -0.1) is 0 Å². The molecule has 0 fully saturated rings. The molecule has 0 aliphatic carbocycles. The number of hydrogen-bond acceptors (Lipinski definition) is 1. The summed E-state index contributed by atoms with van der Waals surface area (Å²) in [6, 6.07) is 8.68. The molecule has 0 aliphatic rings. The van der Waals surface area contributed by atoms with Gasteiger partial charge in [-0.05, 0) is 66.8 Å². The average molecular weight is 320 g/mol. The number of halogens is 1. The summed E-state index contributed by atoms with van der Waals surface area (Å²) in [5, 5.41) is 0. The summed E-state index contributed by atoms with van der Waals surface area (Å²) in [4.78, 5) is 18.1. The van der Waals surface area contributed by atoms with Crippen LogP contribution in [-0.4, -0.2) is 9.79 Å². The first-order chi connectivity index (χ1) is 10.2. The minimum Gasteiger partial charge on any atom is -0.321 e. The Morgan fingerprint density at radius 2 is 1.73 bits per heavy atom. The van der Waals surface area contributed by atoms with E-state index < -0.39 is 7.60 Å². The molecule has 22 heavy (non-hydrogen) atoms. The maximum absolute atomic E-state index is 13.5. The third kappa shape index (κ3) is 3.92. The summed E-state index contributed by atoms with van der Waals surface area (Å²) < 4.78 is 24.5. The first-order valence-corrected chi connectivity index (χ1v) is 8.48. The predicted octanol–water partition coefficient (Wildman–Crippen LogP) is 4.57. The molecule has 2 aromatic carbocycles. The first kappa shape index (κ1) is 16.6. The van der Waals surface area contributed by atoms with Crippen molar-refractivity contribution in [1.82, 2.24) is 0 Å². The van der Waals surface area contributed by atoms with Crippen LogP contribution in [0.5, 0.6) is 0 Å². The average Bonchev–Trinajstić information content (AvgIpc) is 2.39. The van der Waals surface area contributed by atoms with Gasteiger partial charge in [0, 0.05) is 5.82 Å². The van der Waals surface area contributed by atoms with Gasteiger partial charge in [0.1, 0.15) is 5.82 Å². The van der Waals surface area contributed by atoms with Crippen LogP contribution in [0.25, 0.3) is 17.2 Å². The summed E-state index contributed by atoms with van der Waals surface area (Å²) in [7, 11) is -4.23. The van der Waals surface area contributed by atoms with Crippen molar-refractivity contribution in [2.24, 2.45) is 0 Å². The van der Waals surface area contributed by atoms with Gasteiger partial charge in [0.05, 0.1) is 0 Å². The third-order valence-electron chi connectivity index (χ3n) is 3.44. The van der Waals surface area contributed by atoms with Gasteiger partial charge in [-0.3, -0.25) is 4.57 Å². The summed E-state index contributed by atoms with van der Waals surface area (Å²) in [6.45, 7) is 5.52. The van der Waals surface area contributed by atoms with Gasteiger partial charge < -0.3 is 9.79 Å². The van der Waals surface area contributed by atoms with Crippen LogP contribution in [-0.2, 0) is 4.57 Å². The van der Waals surface area contributed by atoms with Crippen LogP contribution >= 0.6 is 7.60 Å². The maximum atomic E-state index is 13.5. The Hall–Kier alpha value is -1.74. The molecule has 2 aromatic rings. The van der Waals surface area contributed by atoms with Gasteiger partial charge in [0.15, 0.2) is 0 Å². The molecule has 0 aliphatic heterocycles. The van der Waals surface area contributed by atoms with E-state index in [0.717, 1.165) is 33.6 Å². The van der Waals surface area contributed by atoms with Crippen LogP contribution in [0.4, 0.5) is 4.39 Å². The van der Waals surface area contributed by atoms with Crippen molar-refractivity contribution in [1.29, 1.82) is 0 Å². The number of rotatable bonds is 3. The van der Waals surface area contributed by atoms with E-state index in [9.17, 15) is 8.96 Å². The number of hydrogen-bond donors (Lipinski definition) is 2. The summed E-state index contributed by atoms with van der Waals surface area (Å²) >= 11 is 0. The molecule has 0 atom stereocenters. The lowest BCUT2D eigenvalue weighted by atomic mass is 9.93. The van der Waals surface area contributed by atoms with Gasteiger partial charge in [-0.2, -0.15) is 0 Å². The molecular weight excluding hydrogens is 302 g/mol. The molecular formula is C17H18FO3P. The van der Waals surface area contributed by atoms with Crippen LogP contribution in [0.3, 0.4) is 0 Å². The topological polar surface area (TPSA) is 57.5 Å². The molecule has 5 heteroatoms. The Morgan fingerprint density at radius 1 is 1.05 bits per heavy atom. The Labute approximate surface area is 129 Å². The molecule has 116 valence electrons. The normalized spacial score (nSPS) is 12.1. The van der Waals surface area contributed by atoms with Crippen molar-refractivity contribution >= 4 is 13.7 Å². The Bertz CT molecular complexity index is 791. The van der Waals surface area contributed by atoms with E-state index in [2.05, 4.69) is 0 Å². The summed E-state index contributed by atoms with van der Waals surface area (Å²) in [5.41, 5.74) is 4.83. The van der Waals surface area contributed by atoms with Gasteiger partial charge in [-0.1, -0.05) is 23.8 Å². The quantitative estimate of drug-likeness (QED) is 0.815. The highest BCUT2D eigenvalue weighted by Crippen LogP contribution is 2.39. The molecule has 0 spiro atoms. The second kappa shape index (κ2) is 6.17. The molecule has 0 bridgehead atoms. The van der Waals surface area contributed by atoms with Gasteiger partial charge in [0.25, 0.3) is 0 Å². The highest BCUT2D eigenvalue weighted by Gasteiger charge is 2.11. The minimum atomic E-state index is -4.23. The molecule has 0 amide bonds.